The Bertz CT molecular complexity index is 542. The first-order chi connectivity index (χ1) is 8.02. The summed E-state index contributed by atoms with van der Waals surface area (Å²) in [7, 11) is 0. The first-order valence-corrected chi connectivity index (χ1v) is 6.97. The second-order valence-corrected chi connectivity index (χ2v) is 5.83. The minimum Gasteiger partial charge on any atom is -0.508 e. The van der Waals surface area contributed by atoms with Crippen LogP contribution in [0.25, 0.3) is 0 Å². The molecule has 1 aromatic heterocycles. The van der Waals surface area contributed by atoms with Crippen LogP contribution in [0.15, 0.2) is 28.1 Å². The molecular weight excluding hydrogens is 334 g/mol. The lowest BCUT2D eigenvalue weighted by atomic mass is 9.97. The summed E-state index contributed by atoms with van der Waals surface area (Å²) in [5, 5.41) is 12.1. The fourth-order valence-electron chi connectivity index (χ4n) is 1.96. The van der Waals surface area contributed by atoms with Crippen LogP contribution >= 0.6 is 39.7 Å². The number of aromatic hydroxyl groups is 1. The molecule has 98 valence electrons. The van der Waals surface area contributed by atoms with E-state index in [-0.39, 0.29) is 24.2 Å². The second kappa shape index (κ2) is 6.06. The number of benzene rings is 1. The van der Waals surface area contributed by atoms with Crippen molar-refractivity contribution in [2.45, 2.75) is 19.9 Å². The Labute approximate surface area is 125 Å². The van der Waals surface area contributed by atoms with E-state index in [1.54, 1.807) is 17.4 Å². The highest BCUT2D eigenvalue weighted by Crippen LogP contribution is 2.37. The van der Waals surface area contributed by atoms with Crippen LogP contribution in [-0.2, 0) is 0 Å². The van der Waals surface area contributed by atoms with Crippen molar-refractivity contribution in [1.29, 1.82) is 0 Å². The fraction of sp³-hybridized carbons (Fsp3) is 0.231. The van der Waals surface area contributed by atoms with Gasteiger partial charge in [0.05, 0.1) is 6.04 Å². The maximum absolute atomic E-state index is 10.1. The number of phenols is 1. The predicted octanol–water partition coefficient (Wildman–Crippen LogP) is 4.30. The summed E-state index contributed by atoms with van der Waals surface area (Å²) in [5.74, 6) is 0.268. The van der Waals surface area contributed by atoms with Gasteiger partial charge in [0.15, 0.2) is 0 Å². The summed E-state index contributed by atoms with van der Waals surface area (Å²) >= 11 is 5.13. The van der Waals surface area contributed by atoms with Gasteiger partial charge in [-0.25, -0.2) is 0 Å². The SMILES string of the molecule is Cc1cc(O)c([C@@H](N)c2cccs2)c(C)c1Br.Cl. The van der Waals surface area contributed by atoms with Gasteiger partial charge >= 0.3 is 0 Å². The van der Waals surface area contributed by atoms with Gasteiger partial charge in [0.2, 0.25) is 0 Å². The van der Waals surface area contributed by atoms with E-state index in [0.29, 0.717) is 0 Å². The molecule has 0 saturated heterocycles. The molecule has 2 rings (SSSR count). The van der Waals surface area contributed by atoms with Crippen LogP contribution in [0.3, 0.4) is 0 Å². The molecule has 0 fully saturated rings. The first-order valence-electron chi connectivity index (χ1n) is 5.30. The Hall–Kier alpha value is -0.550. The third-order valence-electron chi connectivity index (χ3n) is 2.87. The molecule has 1 atom stereocenters. The molecule has 0 amide bonds. The van der Waals surface area contributed by atoms with Gasteiger partial charge in [0.25, 0.3) is 0 Å². The highest BCUT2D eigenvalue weighted by atomic mass is 79.9. The minimum absolute atomic E-state index is 0. The quantitative estimate of drug-likeness (QED) is 0.850. The third kappa shape index (κ3) is 2.72. The van der Waals surface area contributed by atoms with Crippen molar-refractivity contribution >= 4 is 39.7 Å². The Morgan fingerprint density at radius 1 is 1.39 bits per heavy atom. The van der Waals surface area contributed by atoms with E-state index in [1.807, 2.05) is 31.4 Å². The largest absolute Gasteiger partial charge is 0.508 e. The van der Waals surface area contributed by atoms with Gasteiger partial charge in [-0.05, 0) is 42.5 Å². The Kier molecular flexibility index (Phi) is 5.22. The summed E-state index contributed by atoms with van der Waals surface area (Å²) in [6.07, 6.45) is 0. The number of halogens is 2. The van der Waals surface area contributed by atoms with Crippen LogP contribution in [0.2, 0.25) is 0 Å². The summed E-state index contributed by atoms with van der Waals surface area (Å²) in [5.41, 5.74) is 9.03. The van der Waals surface area contributed by atoms with E-state index in [9.17, 15) is 5.11 Å². The molecule has 2 nitrogen and oxygen atoms in total. The van der Waals surface area contributed by atoms with Crippen LogP contribution < -0.4 is 5.73 Å². The summed E-state index contributed by atoms with van der Waals surface area (Å²) in [6.45, 7) is 3.93. The maximum atomic E-state index is 10.1. The van der Waals surface area contributed by atoms with E-state index in [4.69, 9.17) is 5.73 Å². The molecule has 0 aliphatic rings. The average molecular weight is 349 g/mol. The van der Waals surface area contributed by atoms with E-state index in [2.05, 4.69) is 15.9 Å². The molecule has 0 spiro atoms. The van der Waals surface area contributed by atoms with Crippen molar-refractivity contribution in [2.75, 3.05) is 0 Å². The molecule has 0 unspecified atom stereocenters. The van der Waals surface area contributed by atoms with Crippen molar-refractivity contribution in [3.63, 3.8) is 0 Å². The minimum atomic E-state index is -0.271. The van der Waals surface area contributed by atoms with Gasteiger partial charge in [-0.1, -0.05) is 22.0 Å². The van der Waals surface area contributed by atoms with E-state index in [1.165, 1.54) is 0 Å². The molecule has 0 saturated carbocycles. The lowest BCUT2D eigenvalue weighted by Gasteiger charge is -2.17. The van der Waals surface area contributed by atoms with Crippen molar-refractivity contribution in [3.8, 4) is 5.75 Å². The molecule has 5 heteroatoms. The first kappa shape index (κ1) is 15.5. The van der Waals surface area contributed by atoms with Crippen molar-refractivity contribution in [3.05, 3.63) is 49.6 Å². The topological polar surface area (TPSA) is 46.2 Å². The smallest absolute Gasteiger partial charge is 0.121 e. The molecule has 0 bridgehead atoms. The lowest BCUT2D eigenvalue weighted by molar-refractivity contribution is 0.464. The Morgan fingerprint density at radius 3 is 2.61 bits per heavy atom. The number of phenolic OH excluding ortho intramolecular Hbond substituents is 1. The number of rotatable bonds is 2. The second-order valence-electron chi connectivity index (χ2n) is 4.06. The van der Waals surface area contributed by atoms with Crippen LogP contribution in [0.5, 0.6) is 5.75 Å². The molecule has 0 aliphatic heterocycles. The van der Waals surface area contributed by atoms with Gasteiger partial charge in [-0.2, -0.15) is 0 Å². The monoisotopic (exact) mass is 347 g/mol. The maximum Gasteiger partial charge on any atom is 0.121 e. The number of hydrogen-bond acceptors (Lipinski definition) is 3. The van der Waals surface area contributed by atoms with E-state index in [0.717, 1.165) is 26.0 Å². The van der Waals surface area contributed by atoms with Gasteiger partial charge < -0.3 is 10.8 Å². The number of aryl methyl sites for hydroxylation is 1. The zero-order valence-corrected chi connectivity index (χ0v) is 13.3. The molecule has 1 aromatic carbocycles. The Balaban J connectivity index is 0.00000162. The van der Waals surface area contributed by atoms with Crippen LogP contribution in [0.1, 0.15) is 27.6 Å². The van der Waals surface area contributed by atoms with Crippen LogP contribution in [0, 0.1) is 13.8 Å². The lowest BCUT2D eigenvalue weighted by Crippen LogP contribution is -2.12. The van der Waals surface area contributed by atoms with Crippen molar-refractivity contribution < 1.29 is 5.11 Å². The standard InChI is InChI=1S/C13H14BrNOS.ClH/c1-7-6-9(16)11(8(2)12(7)14)13(15)10-4-3-5-17-10;/h3-6,13,16H,15H2,1-2H3;1H/t13-;/m0./s1. The zero-order chi connectivity index (χ0) is 12.6. The number of thiophene rings is 1. The zero-order valence-electron chi connectivity index (χ0n) is 10.1. The van der Waals surface area contributed by atoms with Crippen molar-refractivity contribution in [1.82, 2.24) is 0 Å². The van der Waals surface area contributed by atoms with E-state index >= 15 is 0 Å². The summed E-state index contributed by atoms with van der Waals surface area (Å²) < 4.78 is 1.01. The molecule has 2 aromatic rings. The molecule has 0 aliphatic carbocycles. The van der Waals surface area contributed by atoms with Gasteiger partial charge in [0.1, 0.15) is 5.75 Å². The molecule has 3 N–H and O–H groups in total. The average Bonchev–Trinajstić information content (AvgIpc) is 2.79. The van der Waals surface area contributed by atoms with E-state index < -0.39 is 0 Å². The van der Waals surface area contributed by atoms with Crippen molar-refractivity contribution in [2.24, 2.45) is 5.73 Å². The Morgan fingerprint density at radius 2 is 2.06 bits per heavy atom. The summed E-state index contributed by atoms with van der Waals surface area (Å²) in [4.78, 5) is 1.05. The molecule has 1 heterocycles. The highest BCUT2D eigenvalue weighted by Gasteiger charge is 2.19. The third-order valence-corrected chi connectivity index (χ3v) is 5.04. The normalized spacial score (nSPS) is 12.0. The van der Waals surface area contributed by atoms with Crippen LogP contribution in [-0.4, -0.2) is 5.11 Å². The van der Waals surface area contributed by atoms with Gasteiger partial charge in [-0.15, -0.1) is 23.7 Å². The van der Waals surface area contributed by atoms with Gasteiger partial charge in [0, 0.05) is 14.9 Å². The molecular formula is C13H15BrClNOS. The summed E-state index contributed by atoms with van der Waals surface area (Å²) in [6, 6.07) is 5.43. The predicted molar refractivity (Wildman–Crippen MR) is 82.9 cm³/mol. The fourth-order valence-corrected chi connectivity index (χ4v) is 3.02. The molecule has 18 heavy (non-hydrogen) atoms. The molecule has 0 radical (unpaired) electrons. The van der Waals surface area contributed by atoms with Gasteiger partial charge in [-0.3, -0.25) is 0 Å². The van der Waals surface area contributed by atoms with Crippen LogP contribution in [0.4, 0.5) is 0 Å². The highest BCUT2D eigenvalue weighted by molar-refractivity contribution is 9.10. The number of nitrogens with two attached hydrogens (primary N) is 1. The number of hydrogen-bond donors (Lipinski definition) is 2.